The number of primary sulfonamides is 1. The summed E-state index contributed by atoms with van der Waals surface area (Å²) in [6, 6.07) is 15.2. The van der Waals surface area contributed by atoms with Gasteiger partial charge in [0.15, 0.2) is 0 Å². The SMILES string of the molecule is Cc1ccc(N=C2CC(COCc3ccccc3)C2)c(S(N)(=O)=O)c1. The highest BCUT2D eigenvalue weighted by Gasteiger charge is 2.25. The van der Waals surface area contributed by atoms with Crippen molar-refractivity contribution in [2.24, 2.45) is 16.0 Å². The predicted molar refractivity (Wildman–Crippen MR) is 98.5 cm³/mol. The van der Waals surface area contributed by atoms with Gasteiger partial charge in [-0.25, -0.2) is 13.6 Å². The van der Waals surface area contributed by atoms with Gasteiger partial charge in [0.2, 0.25) is 10.0 Å². The zero-order valence-electron chi connectivity index (χ0n) is 14.2. The zero-order chi connectivity index (χ0) is 17.9. The van der Waals surface area contributed by atoms with Crippen molar-refractivity contribution in [2.75, 3.05) is 6.61 Å². The van der Waals surface area contributed by atoms with Crippen molar-refractivity contribution in [1.82, 2.24) is 0 Å². The van der Waals surface area contributed by atoms with Crippen LogP contribution in [0.25, 0.3) is 0 Å². The van der Waals surface area contributed by atoms with Crippen LogP contribution >= 0.6 is 0 Å². The maximum Gasteiger partial charge on any atom is 0.240 e. The van der Waals surface area contributed by atoms with E-state index in [0.29, 0.717) is 24.8 Å². The molecular weight excluding hydrogens is 336 g/mol. The molecule has 3 rings (SSSR count). The van der Waals surface area contributed by atoms with Gasteiger partial charge in [0.05, 0.1) is 18.9 Å². The Morgan fingerprint density at radius 3 is 2.56 bits per heavy atom. The monoisotopic (exact) mass is 358 g/mol. The minimum Gasteiger partial charge on any atom is -0.376 e. The van der Waals surface area contributed by atoms with Crippen LogP contribution in [0.1, 0.15) is 24.0 Å². The highest BCUT2D eigenvalue weighted by molar-refractivity contribution is 7.89. The van der Waals surface area contributed by atoms with E-state index in [4.69, 9.17) is 9.88 Å². The average Bonchev–Trinajstić information content (AvgIpc) is 2.53. The molecule has 0 aliphatic heterocycles. The molecule has 1 fully saturated rings. The smallest absolute Gasteiger partial charge is 0.240 e. The van der Waals surface area contributed by atoms with Gasteiger partial charge in [-0.05, 0) is 48.9 Å². The summed E-state index contributed by atoms with van der Waals surface area (Å²) in [6.07, 6.45) is 1.65. The number of sulfonamides is 1. The van der Waals surface area contributed by atoms with Crippen LogP contribution in [0.3, 0.4) is 0 Å². The van der Waals surface area contributed by atoms with E-state index in [2.05, 4.69) is 4.99 Å². The van der Waals surface area contributed by atoms with Gasteiger partial charge in [-0.2, -0.15) is 0 Å². The zero-order valence-corrected chi connectivity index (χ0v) is 15.0. The van der Waals surface area contributed by atoms with E-state index in [1.807, 2.05) is 43.3 Å². The topological polar surface area (TPSA) is 81.8 Å². The van der Waals surface area contributed by atoms with Crippen molar-refractivity contribution in [2.45, 2.75) is 31.3 Å². The molecule has 2 aromatic carbocycles. The minimum absolute atomic E-state index is 0.0868. The first kappa shape index (κ1) is 17.8. The largest absolute Gasteiger partial charge is 0.376 e. The molecule has 0 aromatic heterocycles. The molecule has 5 nitrogen and oxygen atoms in total. The number of nitrogens with zero attached hydrogens (tertiary/aromatic N) is 1. The van der Waals surface area contributed by atoms with E-state index in [9.17, 15) is 8.42 Å². The fourth-order valence-electron chi connectivity index (χ4n) is 2.85. The van der Waals surface area contributed by atoms with Gasteiger partial charge >= 0.3 is 0 Å². The Hall–Kier alpha value is -2.02. The number of aryl methyl sites for hydroxylation is 1. The van der Waals surface area contributed by atoms with Crippen molar-refractivity contribution in [3.63, 3.8) is 0 Å². The van der Waals surface area contributed by atoms with E-state index in [0.717, 1.165) is 29.7 Å². The minimum atomic E-state index is -3.78. The first-order valence-electron chi connectivity index (χ1n) is 8.23. The Morgan fingerprint density at radius 2 is 1.88 bits per heavy atom. The Morgan fingerprint density at radius 1 is 1.16 bits per heavy atom. The summed E-state index contributed by atoms with van der Waals surface area (Å²) in [5, 5.41) is 5.29. The lowest BCUT2D eigenvalue weighted by Crippen LogP contribution is -2.27. The molecule has 0 amide bonds. The number of nitrogens with two attached hydrogens (primary N) is 1. The number of aliphatic imine (C=N–C) groups is 1. The second-order valence-electron chi connectivity index (χ2n) is 6.47. The van der Waals surface area contributed by atoms with Crippen LogP contribution < -0.4 is 5.14 Å². The lowest BCUT2D eigenvalue weighted by atomic mass is 9.83. The fraction of sp³-hybridized carbons (Fsp3) is 0.316. The molecule has 2 aromatic rings. The number of hydrogen-bond acceptors (Lipinski definition) is 4. The van der Waals surface area contributed by atoms with Crippen LogP contribution in [0.4, 0.5) is 5.69 Å². The lowest BCUT2D eigenvalue weighted by Gasteiger charge is -2.28. The first-order valence-corrected chi connectivity index (χ1v) is 9.78. The Kier molecular flexibility index (Phi) is 5.32. The van der Waals surface area contributed by atoms with E-state index in [-0.39, 0.29) is 4.90 Å². The predicted octanol–water partition coefficient (Wildman–Crippen LogP) is 3.34. The molecule has 0 unspecified atom stereocenters. The van der Waals surface area contributed by atoms with Crippen LogP contribution in [-0.4, -0.2) is 20.7 Å². The Bertz CT molecular complexity index is 869. The van der Waals surface area contributed by atoms with Gasteiger partial charge in [-0.3, -0.25) is 4.99 Å². The summed E-state index contributed by atoms with van der Waals surface area (Å²) < 4.78 is 29.2. The molecule has 2 N–H and O–H groups in total. The van der Waals surface area contributed by atoms with Gasteiger partial charge in [0.25, 0.3) is 0 Å². The highest BCUT2D eigenvalue weighted by atomic mass is 32.2. The second kappa shape index (κ2) is 7.47. The summed E-state index contributed by atoms with van der Waals surface area (Å²) in [5.74, 6) is 0.436. The molecule has 1 aliphatic rings. The average molecular weight is 358 g/mol. The third kappa shape index (κ3) is 4.75. The fourth-order valence-corrected chi connectivity index (χ4v) is 3.60. The van der Waals surface area contributed by atoms with Crippen LogP contribution in [0.15, 0.2) is 58.4 Å². The number of benzene rings is 2. The maximum absolute atomic E-state index is 11.7. The first-order chi connectivity index (χ1) is 11.9. The number of ether oxygens (including phenoxy) is 1. The van der Waals surface area contributed by atoms with E-state index in [1.165, 1.54) is 0 Å². The Balaban J connectivity index is 1.56. The molecule has 1 aliphatic carbocycles. The molecule has 25 heavy (non-hydrogen) atoms. The quantitative estimate of drug-likeness (QED) is 0.860. The molecule has 132 valence electrons. The second-order valence-corrected chi connectivity index (χ2v) is 8.00. The third-order valence-electron chi connectivity index (χ3n) is 4.21. The van der Waals surface area contributed by atoms with Crippen molar-refractivity contribution >= 4 is 21.4 Å². The molecule has 0 spiro atoms. The van der Waals surface area contributed by atoms with Gasteiger partial charge < -0.3 is 4.74 Å². The van der Waals surface area contributed by atoms with Gasteiger partial charge in [0, 0.05) is 5.71 Å². The Labute approximate surface area is 148 Å². The van der Waals surface area contributed by atoms with E-state index in [1.54, 1.807) is 12.1 Å². The van der Waals surface area contributed by atoms with Crippen molar-refractivity contribution in [3.8, 4) is 0 Å². The van der Waals surface area contributed by atoms with Crippen molar-refractivity contribution < 1.29 is 13.2 Å². The molecule has 6 heteroatoms. The molecular formula is C19H22N2O3S. The van der Waals surface area contributed by atoms with Crippen LogP contribution in [-0.2, 0) is 21.4 Å². The van der Waals surface area contributed by atoms with Gasteiger partial charge in [-0.15, -0.1) is 0 Å². The van der Waals surface area contributed by atoms with Crippen LogP contribution in [0.2, 0.25) is 0 Å². The van der Waals surface area contributed by atoms with E-state index < -0.39 is 10.0 Å². The highest BCUT2D eigenvalue weighted by Crippen LogP contribution is 2.31. The molecule has 1 saturated carbocycles. The number of rotatable bonds is 6. The van der Waals surface area contributed by atoms with E-state index >= 15 is 0 Å². The van der Waals surface area contributed by atoms with Crippen molar-refractivity contribution in [1.29, 1.82) is 0 Å². The standard InChI is InChI=1S/C19H22N2O3S/c1-14-7-8-18(19(9-14)25(20,22)23)21-17-10-16(11-17)13-24-12-15-5-3-2-4-6-15/h2-9,16H,10-13H2,1H3,(H2,20,22,23). The van der Waals surface area contributed by atoms with Gasteiger partial charge in [0.1, 0.15) is 4.90 Å². The normalized spacial score (nSPS) is 17.2. The summed E-state index contributed by atoms with van der Waals surface area (Å²) in [7, 11) is -3.78. The lowest BCUT2D eigenvalue weighted by molar-refractivity contribution is 0.0837. The van der Waals surface area contributed by atoms with Gasteiger partial charge in [-0.1, -0.05) is 36.4 Å². The van der Waals surface area contributed by atoms with Crippen LogP contribution in [0, 0.1) is 12.8 Å². The summed E-state index contributed by atoms with van der Waals surface area (Å²) >= 11 is 0. The molecule has 0 radical (unpaired) electrons. The number of hydrogen-bond donors (Lipinski definition) is 1. The molecule has 0 saturated heterocycles. The molecule has 0 heterocycles. The summed E-state index contributed by atoms with van der Waals surface area (Å²) in [5.41, 5.74) is 3.41. The molecule has 0 bridgehead atoms. The van der Waals surface area contributed by atoms with Crippen LogP contribution in [0.5, 0.6) is 0 Å². The summed E-state index contributed by atoms with van der Waals surface area (Å²) in [6.45, 7) is 3.12. The molecule has 0 atom stereocenters. The maximum atomic E-state index is 11.7. The summed E-state index contributed by atoms with van der Waals surface area (Å²) in [4.78, 5) is 4.58. The third-order valence-corrected chi connectivity index (χ3v) is 5.15. The van der Waals surface area contributed by atoms with Crippen molar-refractivity contribution in [3.05, 3.63) is 59.7 Å².